The normalized spacial score (nSPS) is 35.1. The van der Waals surface area contributed by atoms with Crippen molar-refractivity contribution in [1.29, 1.82) is 0 Å². The molecule has 0 N–H and O–H groups in total. The van der Waals surface area contributed by atoms with Crippen LogP contribution in [0.4, 0.5) is 4.39 Å². The summed E-state index contributed by atoms with van der Waals surface area (Å²) in [6.07, 6.45) is 2.32. The van der Waals surface area contributed by atoms with Crippen LogP contribution in [-0.4, -0.2) is 11.6 Å². The second-order valence-electron chi connectivity index (χ2n) is 5.51. The molecule has 2 aliphatic rings. The molecule has 1 saturated heterocycles. The van der Waals surface area contributed by atoms with Crippen molar-refractivity contribution < 1.29 is 13.9 Å². The number of rotatable bonds is 1. The highest BCUT2D eigenvalue weighted by molar-refractivity contribution is 5.87. The molecule has 3 heteroatoms. The van der Waals surface area contributed by atoms with Crippen LogP contribution >= 0.6 is 0 Å². The fraction of sp³-hybridized carbons (Fsp3) is 0.500. The maximum atomic E-state index is 13.6. The van der Waals surface area contributed by atoms with Gasteiger partial charge in [-0.1, -0.05) is 12.1 Å². The van der Waals surface area contributed by atoms with Gasteiger partial charge in [-0.15, -0.1) is 0 Å². The van der Waals surface area contributed by atoms with Crippen LogP contribution in [0.2, 0.25) is 0 Å². The molecule has 1 heterocycles. The van der Waals surface area contributed by atoms with E-state index in [9.17, 15) is 9.18 Å². The topological polar surface area (TPSA) is 26.3 Å². The molecular formula is C14H15FO2. The quantitative estimate of drug-likeness (QED) is 0.698. The fourth-order valence-corrected chi connectivity index (χ4v) is 3.34. The molecule has 3 rings (SSSR count). The SMILES string of the molecule is Cc1c(F)cccc1[C@@]12CC[C@@](C)(C1)OC2=O. The van der Waals surface area contributed by atoms with Crippen LogP contribution in [0.1, 0.15) is 37.3 Å². The summed E-state index contributed by atoms with van der Waals surface area (Å²) in [5, 5.41) is 0. The van der Waals surface area contributed by atoms with E-state index in [0.29, 0.717) is 12.0 Å². The van der Waals surface area contributed by atoms with E-state index in [1.807, 2.05) is 13.0 Å². The molecule has 0 amide bonds. The smallest absolute Gasteiger partial charge is 0.317 e. The summed E-state index contributed by atoms with van der Waals surface area (Å²) in [5.74, 6) is -0.426. The van der Waals surface area contributed by atoms with E-state index < -0.39 is 5.41 Å². The van der Waals surface area contributed by atoms with Gasteiger partial charge in [0.15, 0.2) is 0 Å². The highest BCUT2D eigenvalue weighted by Gasteiger charge is 2.61. The lowest BCUT2D eigenvalue weighted by molar-refractivity contribution is -0.155. The van der Waals surface area contributed by atoms with Crippen molar-refractivity contribution in [1.82, 2.24) is 0 Å². The monoisotopic (exact) mass is 234 g/mol. The van der Waals surface area contributed by atoms with Gasteiger partial charge in [0.1, 0.15) is 11.4 Å². The zero-order valence-electron chi connectivity index (χ0n) is 10.0. The van der Waals surface area contributed by atoms with Gasteiger partial charge in [-0.05, 0) is 43.9 Å². The van der Waals surface area contributed by atoms with Crippen molar-refractivity contribution in [2.24, 2.45) is 0 Å². The van der Waals surface area contributed by atoms with Crippen LogP contribution in [0.25, 0.3) is 0 Å². The third-order valence-electron chi connectivity index (χ3n) is 4.27. The molecule has 1 aliphatic heterocycles. The first-order valence-corrected chi connectivity index (χ1v) is 5.96. The summed E-state index contributed by atoms with van der Waals surface area (Å²) in [4.78, 5) is 12.1. The molecule has 2 fully saturated rings. The van der Waals surface area contributed by atoms with Gasteiger partial charge in [0, 0.05) is 6.42 Å². The number of benzene rings is 1. The highest BCUT2D eigenvalue weighted by Crippen LogP contribution is 2.55. The maximum Gasteiger partial charge on any atom is 0.317 e. The van der Waals surface area contributed by atoms with Gasteiger partial charge in [0.2, 0.25) is 0 Å². The van der Waals surface area contributed by atoms with Crippen molar-refractivity contribution in [3.8, 4) is 0 Å². The first-order chi connectivity index (χ1) is 7.97. The molecule has 0 aromatic heterocycles. The standard InChI is InChI=1S/C14H15FO2/c1-9-10(4-3-5-11(9)15)14-7-6-13(2,8-14)17-12(14)16/h3-5H,6-8H2,1-2H3/t13-,14+/m0/s1. The lowest BCUT2D eigenvalue weighted by Crippen LogP contribution is -2.33. The van der Waals surface area contributed by atoms with Gasteiger partial charge in [0.05, 0.1) is 5.41 Å². The molecule has 17 heavy (non-hydrogen) atoms. The number of halogens is 1. The summed E-state index contributed by atoms with van der Waals surface area (Å²) < 4.78 is 19.1. The lowest BCUT2D eigenvalue weighted by atomic mass is 9.77. The first kappa shape index (κ1) is 10.8. The third kappa shape index (κ3) is 1.28. The van der Waals surface area contributed by atoms with Crippen molar-refractivity contribution in [2.75, 3.05) is 0 Å². The Morgan fingerprint density at radius 1 is 1.35 bits per heavy atom. The van der Waals surface area contributed by atoms with Gasteiger partial charge in [-0.2, -0.15) is 0 Å². The molecule has 1 aliphatic carbocycles. The molecule has 0 spiro atoms. The molecule has 2 atom stereocenters. The Morgan fingerprint density at radius 2 is 2.12 bits per heavy atom. The summed E-state index contributed by atoms with van der Waals surface area (Å²) in [6.45, 7) is 3.70. The van der Waals surface area contributed by atoms with Crippen molar-refractivity contribution >= 4 is 5.97 Å². The van der Waals surface area contributed by atoms with Gasteiger partial charge >= 0.3 is 5.97 Å². The molecule has 1 aromatic carbocycles. The van der Waals surface area contributed by atoms with Crippen molar-refractivity contribution in [3.63, 3.8) is 0 Å². The predicted octanol–water partition coefficient (Wildman–Crippen LogP) is 2.87. The minimum Gasteiger partial charge on any atom is -0.459 e. The van der Waals surface area contributed by atoms with E-state index >= 15 is 0 Å². The number of hydrogen-bond donors (Lipinski definition) is 0. The summed E-state index contributed by atoms with van der Waals surface area (Å²) in [7, 11) is 0. The predicted molar refractivity (Wildman–Crippen MR) is 61.2 cm³/mol. The Labute approximate surface area is 99.8 Å². The number of carbonyl (C=O) groups is 1. The molecule has 2 bridgehead atoms. The number of carbonyl (C=O) groups excluding carboxylic acids is 1. The molecule has 1 saturated carbocycles. The van der Waals surface area contributed by atoms with Crippen LogP contribution in [0, 0.1) is 12.7 Å². The number of fused-ring (bicyclic) bond motifs is 2. The van der Waals surface area contributed by atoms with Crippen LogP contribution in [0.5, 0.6) is 0 Å². The van der Waals surface area contributed by atoms with E-state index in [2.05, 4.69) is 0 Å². The van der Waals surface area contributed by atoms with Crippen LogP contribution in [-0.2, 0) is 14.9 Å². The Balaban J connectivity index is 2.16. The summed E-state index contributed by atoms with van der Waals surface area (Å²) >= 11 is 0. The Morgan fingerprint density at radius 3 is 2.71 bits per heavy atom. The van der Waals surface area contributed by atoms with E-state index in [1.165, 1.54) is 6.07 Å². The molecule has 0 radical (unpaired) electrons. The van der Waals surface area contributed by atoms with Gasteiger partial charge < -0.3 is 4.74 Å². The molecule has 90 valence electrons. The Kier molecular flexibility index (Phi) is 1.96. The Hall–Kier alpha value is -1.38. The Bertz CT molecular complexity index is 511. The number of hydrogen-bond acceptors (Lipinski definition) is 2. The van der Waals surface area contributed by atoms with Crippen LogP contribution in [0.15, 0.2) is 18.2 Å². The zero-order valence-corrected chi connectivity index (χ0v) is 10.0. The van der Waals surface area contributed by atoms with Gasteiger partial charge in [0.25, 0.3) is 0 Å². The fourth-order valence-electron chi connectivity index (χ4n) is 3.34. The second-order valence-corrected chi connectivity index (χ2v) is 5.51. The molecular weight excluding hydrogens is 219 g/mol. The summed E-state index contributed by atoms with van der Waals surface area (Å²) in [6, 6.07) is 4.97. The van der Waals surface area contributed by atoms with E-state index in [4.69, 9.17) is 4.74 Å². The van der Waals surface area contributed by atoms with Crippen LogP contribution in [0.3, 0.4) is 0 Å². The zero-order chi connectivity index (χ0) is 12.3. The van der Waals surface area contributed by atoms with E-state index in [1.54, 1.807) is 13.0 Å². The summed E-state index contributed by atoms with van der Waals surface area (Å²) in [5.41, 5.74) is 0.455. The lowest BCUT2D eigenvalue weighted by Gasteiger charge is -2.26. The van der Waals surface area contributed by atoms with E-state index in [-0.39, 0.29) is 17.4 Å². The van der Waals surface area contributed by atoms with E-state index in [0.717, 1.165) is 18.4 Å². The maximum absolute atomic E-state index is 13.6. The van der Waals surface area contributed by atoms with Gasteiger partial charge in [-0.25, -0.2) is 4.39 Å². The minimum absolute atomic E-state index is 0.181. The molecule has 2 nitrogen and oxygen atoms in total. The van der Waals surface area contributed by atoms with Crippen molar-refractivity contribution in [3.05, 3.63) is 35.1 Å². The highest BCUT2D eigenvalue weighted by atomic mass is 19.1. The minimum atomic E-state index is -0.596. The van der Waals surface area contributed by atoms with Gasteiger partial charge in [-0.3, -0.25) is 4.79 Å². The first-order valence-electron chi connectivity index (χ1n) is 5.96. The molecule has 0 unspecified atom stereocenters. The number of esters is 1. The average molecular weight is 234 g/mol. The molecule has 1 aromatic rings. The third-order valence-corrected chi connectivity index (χ3v) is 4.27. The largest absolute Gasteiger partial charge is 0.459 e. The van der Waals surface area contributed by atoms with Crippen LogP contribution < -0.4 is 0 Å². The average Bonchev–Trinajstić information content (AvgIpc) is 2.73. The number of ether oxygens (including phenoxy) is 1. The van der Waals surface area contributed by atoms with Crippen molar-refractivity contribution in [2.45, 2.75) is 44.1 Å². The second kappa shape index (κ2) is 3.09.